The molecule has 0 unspecified atom stereocenters. The standard InChI is InChI=1S/C6H7N3/c1-2-7-6-4-9-8-3-5(1)6/h1-3,7,9H,4H2. The maximum absolute atomic E-state index is 3.90. The molecule has 0 amide bonds. The van der Waals surface area contributed by atoms with Crippen molar-refractivity contribution in [1.29, 1.82) is 0 Å². The van der Waals surface area contributed by atoms with Crippen molar-refractivity contribution in [2.45, 2.75) is 6.54 Å². The summed E-state index contributed by atoms with van der Waals surface area (Å²) in [6.45, 7) is 0.818. The minimum absolute atomic E-state index is 0.818. The molecule has 0 aromatic carbocycles. The molecule has 1 aliphatic rings. The number of hydrazone groups is 1. The Kier molecular flexibility index (Phi) is 0.828. The highest BCUT2D eigenvalue weighted by Gasteiger charge is 2.02. The maximum atomic E-state index is 3.90. The van der Waals surface area contributed by atoms with Crippen molar-refractivity contribution in [3.8, 4) is 0 Å². The average molecular weight is 121 g/mol. The van der Waals surface area contributed by atoms with Crippen molar-refractivity contribution in [1.82, 2.24) is 10.4 Å². The van der Waals surface area contributed by atoms with Crippen molar-refractivity contribution in [3.63, 3.8) is 0 Å². The minimum Gasteiger partial charge on any atom is -0.363 e. The van der Waals surface area contributed by atoms with Crippen LogP contribution in [0, 0.1) is 0 Å². The van der Waals surface area contributed by atoms with Crippen LogP contribution in [0.25, 0.3) is 0 Å². The number of hydrogen-bond acceptors (Lipinski definition) is 2. The zero-order chi connectivity index (χ0) is 6.10. The third-order valence-corrected chi connectivity index (χ3v) is 1.42. The lowest BCUT2D eigenvalue weighted by molar-refractivity contribution is 0.720. The van der Waals surface area contributed by atoms with Gasteiger partial charge in [0.15, 0.2) is 0 Å². The van der Waals surface area contributed by atoms with Gasteiger partial charge >= 0.3 is 0 Å². The number of rotatable bonds is 0. The number of aromatic amines is 1. The van der Waals surface area contributed by atoms with Gasteiger partial charge in [-0.1, -0.05) is 0 Å². The molecular weight excluding hydrogens is 114 g/mol. The molecule has 2 rings (SSSR count). The highest BCUT2D eigenvalue weighted by atomic mass is 15.3. The Bertz CT molecular complexity index is 236. The van der Waals surface area contributed by atoms with Crippen LogP contribution in [0.5, 0.6) is 0 Å². The smallest absolute Gasteiger partial charge is 0.0736 e. The van der Waals surface area contributed by atoms with Crippen LogP contribution in [0.3, 0.4) is 0 Å². The summed E-state index contributed by atoms with van der Waals surface area (Å²) in [5.41, 5.74) is 5.27. The fourth-order valence-electron chi connectivity index (χ4n) is 0.930. The van der Waals surface area contributed by atoms with E-state index in [4.69, 9.17) is 0 Å². The van der Waals surface area contributed by atoms with E-state index in [1.807, 2.05) is 18.5 Å². The molecule has 0 fully saturated rings. The Labute approximate surface area is 52.8 Å². The highest BCUT2D eigenvalue weighted by molar-refractivity contribution is 5.81. The van der Waals surface area contributed by atoms with Gasteiger partial charge in [-0.05, 0) is 6.07 Å². The van der Waals surface area contributed by atoms with E-state index in [2.05, 4.69) is 15.5 Å². The van der Waals surface area contributed by atoms with E-state index in [1.54, 1.807) is 0 Å². The van der Waals surface area contributed by atoms with Crippen LogP contribution < -0.4 is 5.43 Å². The molecule has 0 spiro atoms. The summed E-state index contributed by atoms with van der Waals surface area (Å²) in [5, 5.41) is 3.90. The maximum Gasteiger partial charge on any atom is 0.0736 e. The Morgan fingerprint density at radius 1 is 1.56 bits per heavy atom. The summed E-state index contributed by atoms with van der Waals surface area (Å²) < 4.78 is 0. The van der Waals surface area contributed by atoms with Crippen molar-refractivity contribution in [2.24, 2.45) is 5.10 Å². The first-order valence-electron chi connectivity index (χ1n) is 2.89. The van der Waals surface area contributed by atoms with Gasteiger partial charge < -0.3 is 10.4 Å². The van der Waals surface area contributed by atoms with Crippen LogP contribution >= 0.6 is 0 Å². The van der Waals surface area contributed by atoms with Gasteiger partial charge in [0.05, 0.1) is 12.8 Å². The summed E-state index contributed by atoms with van der Waals surface area (Å²) in [7, 11) is 0. The van der Waals surface area contributed by atoms with Gasteiger partial charge in [-0.15, -0.1) is 0 Å². The number of aromatic nitrogens is 1. The molecule has 1 aromatic heterocycles. The van der Waals surface area contributed by atoms with Crippen molar-refractivity contribution >= 4 is 6.21 Å². The fourth-order valence-corrected chi connectivity index (χ4v) is 0.930. The fraction of sp³-hybridized carbons (Fsp3) is 0.167. The van der Waals surface area contributed by atoms with Gasteiger partial charge in [0, 0.05) is 17.5 Å². The number of nitrogens with zero attached hydrogens (tertiary/aromatic N) is 1. The lowest BCUT2D eigenvalue weighted by atomic mass is 10.2. The topological polar surface area (TPSA) is 40.2 Å². The van der Waals surface area contributed by atoms with Gasteiger partial charge in [0.2, 0.25) is 0 Å². The van der Waals surface area contributed by atoms with Crippen LogP contribution in [0.1, 0.15) is 11.3 Å². The van der Waals surface area contributed by atoms with E-state index in [-0.39, 0.29) is 0 Å². The van der Waals surface area contributed by atoms with Gasteiger partial charge in [-0.3, -0.25) is 0 Å². The minimum atomic E-state index is 0.818. The SMILES string of the molecule is C1=NNCc2[nH]ccc21. The lowest BCUT2D eigenvalue weighted by Crippen LogP contribution is -2.12. The monoisotopic (exact) mass is 121 g/mol. The molecule has 0 atom stereocenters. The Morgan fingerprint density at radius 3 is 3.44 bits per heavy atom. The molecule has 2 N–H and O–H groups in total. The summed E-state index contributed by atoms with van der Waals surface area (Å²) in [6.07, 6.45) is 3.74. The summed E-state index contributed by atoms with van der Waals surface area (Å²) in [6, 6.07) is 2.01. The number of fused-ring (bicyclic) bond motifs is 1. The molecule has 3 nitrogen and oxygen atoms in total. The number of H-pyrrole nitrogens is 1. The van der Waals surface area contributed by atoms with Crippen LogP contribution in [-0.2, 0) is 6.54 Å². The van der Waals surface area contributed by atoms with E-state index < -0.39 is 0 Å². The van der Waals surface area contributed by atoms with E-state index in [1.165, 1.54) is 11.3 Å². The summed E-state index contributed by atoms with van der Waals surface area (Å²) in [5.74, 6) is 0. The van der Waals surface area contributed by atoms with Crippen LogP contribution in [-0.4, -0.2) is 11.2 Å². The van der Waals surface area contributed by atoms with Crippen molar-refractivity contribution in [3.05, 3.63) is 23.5 Å². The van der Waals surface area contributed by atoms with E-state index in [9.17, 15) is 0 Å². The summed E-state index contributed by atoms with van der Waals surface area (Å²) >= 11 is 0. The Hall–Kier alpha value is -1.25. The van der Waals surface area contributed by atoms with E-state index in [0.29, 0.717) is 0 Å². The molecular formula is C6H7N3. The summed E-state index contributed by atoms with van der Waals surface area (Å²) in [4.78, 5) is 3.10. The molecule has 1 aromatic rings. The Morgan fingerprint density at radius 2 is 2.56 bits per heavy atom. The normalized spacial score (nSPS) is 14.7. The molecule has 0 radical (unpaired) electrons. The lowest BCUT2D eigenvalue weighted by Gasteiger charge is -2.04. The van der Waals surface area contributed by atoms with Crippen LogP contribution in [0.4, 0.5) is 0 Å². The third kappa shape index (κ3) is 0.614. The predicted octanol–water partition coefficient (Wildman–Crippen LogP) is 0.452. The molecule has 0 aliphatic carbocycles. The van der Waals surface area contributed by atoms with E-state index >= 15 is 0 Å². The largest absolute Gasteiger partial charge is 0.363 e. The molecule has 0 saturated heterocycles. The molecule has 0 saturated carbocycles. The average Bonchev–Trinajstić information content (AvgIpc) is 2.33. The number of hydrogen-bond donors (Lipinski definition) is 2. The molecule has 1 aliphatic heterocycles. The molecule has 46 valence electrons. The third-order valence-electron chi connectivity index (χ3n) is 1.42. The first-order chi connectivity index (χ1) is 4.47. The van der Waals surface area contributed by atoms with Crippen LogP contribution in [0.2, 0.25) is 0 Å². The first-order valence-corrected chi connectivity index (χ1v) is 2.89. The molecule has 0 bridgehead atoms. The van der Waals surface area contributed by atoms with Gasteiger partial charge in [-0.2, -0.15) is 5.10 Å². The molecule has 9 heavy (non-hydrogen) atoms. The van der Waals surface area contributed by atoms with Gasteiger partial charge in [0.25, 0.3) is 0 Å². The molecule has 3 heteroatoms. The van der Waals surface area contributed by atoms with Gasteiger partial charge in [0.1, 0.15) is 0 Å². The molecule has 2 heterocycles. The van der Waals surface area contributed by atoms with Crippen molar-refractivity contribution in [2.75, 3.05) is 0 Å². The second-order valence-electron chi connectivity index (χ2n) is 2.00. The zero-order valence-corrected chi connectivity index (χ0v) is 4.89. The second kappa shape index (κ2) is 1.62. The van der Waals surface area contributed by atoms with Gasteiger partial charge in [-0.25, -0.2) is 0 Å². The zero-order valence-electron chi connectivity index (χ0n) is 4.89. The van der Waals surface area contributed by atoms with Crippen molar-refractivity contribution < 1.29 is 0 Å². The quantitative estimate of drug-likeness (QED) is 0.514. The Balaban J connectivity index is 2.53. The first kappa shape index (κ1) is 4.61. The predicted molar refractivity (Wildman–Crippen MR) is 35.2 cm³/mol. The van der Waals surface area contributed by atoms with E-state index in [0.717, 1.165) is 6.54 Å². The number of nitrogens with one attached hydrogen (secondary N) is 2. The highest BCUT2D eigenvalue weighted by Crippen LogP contribution is 2.05. The van der Waals surface area contributed by atoms with Crippen LogP contribution in [0.15, 0.2) is 17.4 Å². The second-order valence-corrected chi connectivity index (χ2v) is 2.00.